The van der Waals surface area contributed by atoms with Crippen LogP contribution in [0.3, 0.4) is 0 Å². The van der Waals surface area contributed by atoms with Crippen LogP contribution in [0, 0.1) is 5.41 Å². The second kappa shape index (κ2) is 10.2. The quantitative estimate of drug-likeness (QED) is 0.177. The number of benzene rings is 3. The second-order valence-electron chi connectivity index (χ2n) is 7.75. The molecule has 0 aliphatic rings. The third-order valence-electron chi connectivity index (χ3n) is 5.45. The molecule has 1 unspecified atom stereocenters. The number of aromatic nitrogens is 1. The Morgan fingerprint density at radius 2 is 1.83 bits per heavy atom. The van der Waals surface area contributed by atoms with Gasteiger partial charge in [-0.3, -0.25) is 5.41 Å². The summed E-state index contributed by atoms with van der Waals surface area (Å²) in [5.41, 5.74) is 8.56. The molecule has 0 radical (unpaired) electrons. The van der Waals surface area contributed by atoms with Crippen molar-refractivity contribution in [2.75, 3.05) is 13.7 Å². The number of thiazole rings is 1. The average molecular weight is 502 g/mol. The van der Waals surface area contributed by atoms with Crippen molar-refractivity contribution in [3.63, 3.8) is 0 Å². The van der Waals surface area contributed by atoms with E-state index in [9.17, 15) is 0 Å². The molecule has 2 aromatic heterocycles. The second-order valence-corrected chi connectivity index (χ2v) is 9.65. The number of ether oxygens (including phenoxy) is 3. The van der Waals surface area contributed by atoms with Crippen LogP contribution in [0.5, 0.6) is 16.7 Å². The summed E-state index contributed by atoms with van der Waals surface area (Å²) in [7, 11) is 1.65. The monoisotopic (exact) mass is 501 g/mol. The predicted molar refractivity (Wildman–Crippen MR) is 142 cm³/mol. The summed E-state index contributed by atoms with van der Waals surface area (Å²) in [5.74, 6) is 1.58. The minimum absolute atomic E-state index is 0.0523. The zero-order valence-electron chi connectivity index (χ0n) is 18.9. The summed E-state index contributed by atoms with van der Waals surface area (Å²) in [6.45, 7) is 0.291. The van der Waals surface area contributed by atoms with Crippen LogP contribution < -0.4 is 19.9 Å². The van der Waals surface area contributed by atoms with Gasteiger partial charge in [-0.1, -0.05) is 47.7 Å². The number of amidine groups is 1. The first-order valence-corrected chi connectivity index (χ1v) is 12.6. The van der Waals surface area contributed by atoms with Crippen molar-refractivity contribution < 1.29 is 14.2 Å². The maximum absolute atomic E-state index is 7.78. The molecule has 8 heteroatoms. The van der Waals surface area contributed by atoms with Crippen molar-refractivity contribution in [2.24, 2.45) is 5.73 Å². The van der Waals surface area contributed by atoms with E-state index >= 15 is 0 Å². The first-order chi connectivity index (χ1) is 17.1. The lowest BCUT2D eigenvalue weighted by molar-refractivity contribution is 0.131. The molecule has 6 nitrogen and oxygen atoms in total. The third kappa shape index (κ3) is 5.13. The van der Waals surface area contributed by atoms with Crippen LogP contribution in [0.4, 0.5) is 0 Å². The van der Waals surface area contributed by atoms with Gasteiger partial charge in [0, 0.05) is 21.0 Å². The normalized spacial score (nSPS) is 11.8. The van der Waals surface area contributed by atoms with Crippen LogP contribution in [-0.4, -0.2) is 24.5 Å². The zero-order valence-corrected chi connectivity index (χ0v) is 20.6. The van der Waals surface area contributed by atoms with Crippen LogP contribution in [0.25, 0.3) is 21.3 Å². The molecule has 1 atom stereocenters. The molecular weight excluding hydrogens is 478 g/mol. The number of thiophene rings is 1. The number of nitrogens with one attached hydrogen (secondary N) is 1. The van der Waals surface area contributed by atoms with Crippen molar-refractivity contribution in [1.82, 2.24) is 4.98 Å². The molecule has 176 valence electrons. The van der Waals surface area contributed by atoms with Gasteiger partial charge in [-0.05, 0) is 48.0 Å². The Hall–Kier alpha value is -3.88. The van der Waals surface area contributed by atoms with Crippen LogP contribution in [0.2, 0.25) is 0 Å². The van der Waals surface area contributed by atoms with Gasteiger partial charge in [-0.15, -0.1) is 11.3 Å². The number of hydrogen-bond acceptors (Lipinski definition) is 7. The Balaban J connectivity index is 1.37. The standard InChI is InChI=1S/C27H23N3O3S2/c1-31-19-12-10-17(11-13-19)21-16-34-27(30-21)32-15-23(18-6-3-2-4-7-18)33-22-8-5-9-24-20(22)14-25(35-24)26(28)29/h2-14,16,23H,15H2,1H3,(H3,28,29). The fourth-order valence-electron chi connectivity index (χ4n) is 3.65. The molecule has 0 saturated carbocycles. The first kappa shape index (κ1) is 22.9. The van der Waals surface area contributed by atoms with E-state index in [1.54, 1.807) is 7.11 Å². The lowest BCUT2D eigenvalue weighted by Crippen LogP contribution is -2.16. The highest BCUT2D eigenvalue weighted by atomic mass is 32.1. The van der Waals surface area contributed by atoms with Gasteiger partial charge in [0.15, 0.2) is 6.10 Å². The highest BCUT2D eigenvalue weighted by Gasteiger charge is 2.18. The van der Waals surface area contributed by atoms with E-state index in [0.29, 0.717) is 11.8 Å². The van der Waals surface area contributed by atoms with Crippen molar-refractivity contribution >= 4 is 38.6 Å². The summed E-state index contributed by atoms with van der Waals surface area (Å²) < 4.78 is 18.8. The van der Waals surface area contributed by atoms with Crippen molar-refractivity contribution in [3.8, 4) is 28.0 Å². The minimum Gasteiger partial charge on any atom is -0.497 e. The Labute approximate surface area is 211 Å². The highest BCUT2D eigenvalue weighted by molar-refractivity contribution is 7.20. The number of nitrogens with zero attached hydrogens (tertiary/aromatic N) is 1. The molecule has 5 aromatic rings. The maximum atomic E-state index is 7.78. The Morgan fingerprint density at radius 3 is 2.57 bits per heavy atom. The Bertz CT molecular complexity index is 1450. The summed E-state index contributed by atoms with van der Waals surface area (Å²) in [4.78, 5) is 5.37. The van der Waals surface area contributed by atoms with Crippen molar-refractivity contribution in [2.45, 2.75) is 6.10 Å². The number of rotatable bonds is 9. The Kier molecular flexibility index (Phi) is 6.65. The first-order valence-electron chi connectivity index (χ1n) is 10.9. The van der Waals surface area contributed by atoms with Crippen LogP contribution in [0.15, 0.2) is 84.2 Å². The molecule has 0 bridgehead atoms. The van der Waals surface area contributed by atoms with Gasteiger partial charge in [0.25, 0.3) is 5.19 Å². The van der Waals surface area contributed by atoms with E-state index in [4.69, 9.17) is 25.4 Å². The fourth-order valence-corrected chi connectivity index (χ4v) is 5.28. The summed E-state index contributed by atoms with van der Waals surface area (Å²) in [5, 5.41) is 11.3. The molecule has 35 heavy (non-hydrogen) atoms. The van der Waals surface area contributed by atoms with E-state index in [1.807, 2.05) is 84.2 Å². The van der Waals surface area contributed by atoms with E-state index in [2.05, 4.69) is 4.98 Å². The molecule has 0 saturated heterocycles. The van der Waals surface area contributed by atoms with Gasteiger partial charge in [-0.25, -0.2) is 4.98 Å². The van der Waals surface area contributed by atoms with Gasteiger partial charge < -0.3 is 19.9 Å². The summed E-state index contributed by atoms with van der Waals surface area (Å²) >= 11 is 2.93. The molecule has 0 amide bonds. The van der Waals surface area contributed by atoms with Gasteiger partial charge in [0.05, 0.1) is 17.7 Å². The van der Waals surface area contributed by atoms with Crippen molar-refractivity contribution in [3.05, 3.63) is 94.7 Å². The molecule has 0 spiro atoms. The molecule has 0 aliphatic heterocycles. The molecule has 3 N–H and O–H groups in total. The fraction of sp³-hybridized carbons (Fsp3) is 0.111. The molecule has 5 rings (SSSR count). The molecule has 0 aliphatic carbocycles. The van der Waals surface area contributed by atoms with Crippen LogP contribution in [0.1, 0.15) is 16.5 Å². The minimum atomic E-state index is -0.351. The van der Waals surface area contributed by atoms with Gasteiger partial charge >= 0.3 is 0 Å². The van der Waals surface area contributed by atoms with E-state index in [-0.39, 0.29) is 11.9 Å². The number of nitrogens with two attached hydrogens (primary N) is 1. The zero-order chi connectivity index (χ0) is 24.2. The van der Waals surface area contributed by atoms with Crippen LogP contribution in [-0.2, 0) is 0 Å². The van der Waals surface area contributed by atoms with Gasteiger partial charge in [-0.2, -0.15) is 0 Å². The van der Waals surface area contributed by atoms with E-state index in [1.165, 1.54) is 22.7 Å². The van der Waals surface area contributed by atoms with Crippen molar-refractivity contribution in [1.29, 1.82) is 5.41 Å². The van der Waals surface area contributed by atoms with Gasteiger partial charge in [0.2, 0.25) is 0 Å². The molecular formula is C27H23N3O3S2. The van der Waals surface area contributed by atoms with Gasteiger partial charge in [0.1, 0.15) is 23.9 Å². The smallest absolute Gasteiger partial charge is 0.273 e. The molecule has 0 fully saturated rings. The number of fused-ring (bicyclic) bond motifs is 1. The number of hydrogen-bond donors (Lipinski definition) is 2. The number of nitrogen functional groups attached to an aromatic ring is 1. The summed E-state index contributed by atoms with van der Waals surface area (Å²) in [6, 6.07) is 25.5. The van der Waals surface area contributed by atoms with E-state index in [0.717, 1.165) is 43.3 Å². The SMILES string of the molecule is COc1ccc(-c2csc(OCC(Oc3cccc4sc(C(=N)N)cc34)c3ccccc3)n2)cc1. The topological polar surface area (TPSA) is 90.5 Å². The largest absolute Gasteiger partial charge is 0.497 e. The average Bonchev–Trinajstić information content (AvgIpc) is 3.55. The highest BCUT2D eigenvalue weighted by Crippen LogP contribution is 2.35. The summed E-state index contributed by atoms with van der Waals surface area (Å²) in [6.07, 6.45) is -0.351. The predicted octanol–water partition coefficient (Wildman–Crippen LogP) is 6.52. The molecule has 3 aromatic carbocycles. The Morgan fingerprint density at radius 1 is 1.03 bits per heavy atom. The number of methoxy groups -OCH3 is 1. The third-order valence-corrected chi connectivity index (χ3v) is 7.34. The lowest BCUT2D eigenvalue weighted by atomic mass is 10.1. The van der Waals surface area contributed by atoms with Crippen LogP contribution >= 0.6 is 22.7 Å². The lowest BCUT2D eigenvalue weighted by Gasteiger charge is -2.20. The maximum Gasteiger partial charge on any atom is 0.273 e. The van der Waals surface area contributed by atoms with E-state index < -0.39 is 0 Å². The molecule has 2 heterocycles.